The summed E-state index contributed by atoms with van der Waals surface area (Å²) >= 11 is 0. The van der Waals surface area contributed by atoms with Crippen LogP contribution in [0.3, 0.4) is 0 Å². The molecular weight excluding hydrogens is 166 g/mol. The molecule has 4 atom stereocenters. The number of β-amino-alcohol motifs (C(OH)–C–C–N with tert-alkyl or cyclic N) is 1. The maximum absolute atomic E-state index is 10.4. The van der Waals surface area contributed by atoms with Gasteiger partial charge in [0, 0.05) is 6.54 Å². The summed E-state index contributed by atoms with van der Waals surface area (Å²) in [5.74, 6) is -1.24. The van der Waals surface area contributed by atoms with Gasteiger partial charge >= 0.3 is 5.97 Å². The highest BCUT2D eigenvalue weighted by Gasteiger charge is 2.39. The molecule has 5 N–H and O–H groups in total. The van der Waals surface area contributed by atoms with Gasteiger partial charge in [-0.2, -0.15) is 0 Å². The Morgan fingerprint density at radius 2 is 1.83 bits per heavy atom. The van der Waals surface area contributed by atoms with Crippen molar-refractivity contribution >= 4 is 5.97 Å². The Kier molecular flexibility index (Phi) is 2.63. The SMILES string of the molecule is O=C(O)[C@H]1NC[C@H](O)[C@H](O)[C@@H]1O. The third-order valence-electron chi connectivity index (χ3n) is 1.90. The maximum Gasteiger partial charge on any atom is 0.323 e. The molecule has 1 saturated heterocycles. The van der Waals surface area contributed by atoms with Crippen molar-refractivity contribution in [1.82, 2.24) is 5.32 Å². The zero-order chi connectivity index (χ0) is 9.30. The number of aliphatic hydroxyl groups excluding tert-OH is 3. The first-order valence-electron chi connectivity index (χ1n) is 3.54. The van der Waals surface area contributed by atoms with Gasteiger partial charge in [0.2, 0.25) is 0 Å². The fourth-order valence-corrected chi connectivity index (χ4v) is 1.15. The van der Waals surface area contributed by atoms with E-state index in [1.165, 1.54) is 0 Å². The van der Waals surface area contributed by atoms with Crippen molar-refractivity contribution in [2.75, 3.05) is 6.54 Å². The third-order valence-corrected chi connectivity index (χ3v) is 1.90. The zero-order valence-corrected chi connectivity index (χ0v) is 6.21. The molecule has 0 aliphatic carbocycles. The number of carboxylic acid groups (broad SMARTS) is 1. The number of hydrogen-bond acceptors (Lipinski definition) is 5. The predicted octanol–water partition coefficient (Wildman–Crippen LogP) is -2.87. The van der Waals surface area contributed by atoms with Gasteiger partial charge in [0.15, 0.2) is 0 Å². The van der Waals surface area contributed by atoms with Gasteiger partial charge in [0.1, 0.15) is 18.2 Å². The first-order chi connectivity index (χ1) is 5.54. The molecule has 0 aromatic carbocycles. The Hall–Kier alpha value is -0.690. The van der Waals surface area contributed by atoms with Gasteiger partial charge < -0.3 is 20.4 Å². The molecule has 1 fully saturated rings. The van der Waals surface area contributed by atoms with Crippen LogP contribution in [0, 0.1) is 0 Å². The number of carbonyl (C=O) groups is 1. The second kappa shape index (κ2) is 3.36. The fourth-order valence-electron chi connectivity index (χ4n) is 1.15. The summed E-state index contributed by atoms with van der Waals surface area (Å²) in [7, 11) is 0. The van der Waals surface area contributed by atoms with Crippen molar-refractivity contribution in [3.8, 4) is 0 Å². The standard InChI is InChI=1S/C6H11NO5/c8-2-1-7-3(6(11)12)5(10)4(2)9/h2-5,7-10H,1H2,(H,11,12)/t2-,3-,4-,5+/m0/s1. The van der Waals surface area contributed by atoms with Crippen molar-refractivity contribution in [3.05, 3.63) is 0 Å². The maximum atomic E-state index is 10.4. The summed E-state index contributed by atoms with van der Waals surface area (Å²) in [4.78, 5) is 10.4. The largest absolute Gasteiger partial charge is 0.480 e. The van der Waals surface area contributed by atoms with Gasteiger partial charge in [-0.3, -0.25) is 10.1 Å². The number of nitrogens with one attached hydrogen (secondary N) is 1. The Labute approximate surface area is 68.4 Å². The first kappa shape index (κ1) is 9.40. The average molecular weight is 177 g/mol. The molecule has 0 unspecified atom stereocenters. The summed E-state index contributed by atoms with van der Waals surface area (Å²) in [6, 6.07) is -1.21. The number of piperidine rings is 1. The second-order valence-corrected chi connectivity index (χ2v) is 2.77. The summed E-state index contributed by atoms with van der Waals surface area (Å²) in [6.45, 7) is -0.0325. The second-order valence-electron chi connectivity index (χ2n) is 2.77. The monoisotopic (exact) mass is 177 g/mol. The molecule has 0 spiro atoms. The van der Waals surface area contributed by atoms with E-state index in [4.69, 9.17) is 20.4 Å². The van der Waals surface area contributed by atoms with Crippen LogP contribution < -0.4 is 5.32 Å². The fraction of sp³-hybridized carbons (Fsp3) is 0.833. The summed E-state index contributed by atoms with van der Waals surface area (Å²) in [5.41, 5.74) is 0. The molecule has 0 radical (unpaired) electrons. The van der Waals surface area contributed by atoms with E-state index in [2.05, 4.69) is 5.32 Å². The van der Waals surface area contributed by atoms with Crippen molar-refractivity contribution < 1.29 is 25.2 Å². The normalized spacial score (nSPS) is 42.6. The Balaban J connectivity index is 2.65. The molecule has 6 nitrogen and oxygen atoms in total. The minimum atomic E-state index is -1.47. The van der Waals surface area contributed by atoms with E-state index < -0.39 is 30.3 Å². The summed E-state index contributed by atoms with van der Waals surface area (Å²) < 4.78 is 0. The van der Waals surface area contributed by atoms with Gasteiger partial charge in [-0.05, 0) is 0 Å². The molecule has 70 valence electrons. The number of hydrogen-bond donors (Lipinski definition) is 5. The van der Waals surface area contributed by atoms with Crippen LogP contribution in [-0.2, 0) is 4.79 Å². The van der Waals surface area contributed by atoms with Crippen LogP contribution in [0.1, 0.15) is 0 Å². The Bertz CT molecular complexity index is 185. The number of aliphatic hydroxyl groups is 3. The molecule has 0 aromatic rings. The molecule has 1 rings (SSSR count). The number of carboxylic acids is 1. The molecule has 1 heterocycles. The van der Waals surface area contributed by atoms with Crippen LogP contribution in [0.15, 0.2) is 0 Å². The quantitative estimate of drug-likeness (QED) is 0.294. The van der Waals surface area contributed by atoms with Crippen LogP contribution >= 0.6 is 0 Å². The van der Waals surface area contributed by atoms with E-state index in [9.17, 15) is 4.79 Å². The van der Waals surface area contributed by atoms with Crippen molar-refractivity contribution in [1.29, 1.82) is 0 Å². The molecule has 0 saturated carbocycles. The molecular formula is C6H11NO5. The van der Waals surface area contributed by atoms with Crippen LogP contribution in [0.25, 0.3) is 0 Å². The highest BCUT2D eigenvalue weighted by Crippen LogP contribution is 2.10. The third kappa shape index (κ3) is 1.56. The van der Waals surface area contributed by atoms with Gasteiger partial charge in [0.25, 0.3) is 0 Å². The molecule has 1 aliphatic rings. The molecule has 1 aliphatic heterocycles. The van der Waals surface area contributed by atoms with E-state index in [0.29, 0.717) is 0 Å². The van der Waals surface area contributed by atoms with E-state index in [1.54, 1.807) is 0 Å². The van der Waals surface area contributed by atoms with Crippen molar-refractivity contribution in [2.24, 2.45) is 0 Å². The predicted molar refractivity (Wildman–Crippen MR) is 37.4 cm³/mol. The van der Waals surface area contributed by atoms with E-state index >= 15 is 0 Å². The lowest BCUT2D eigenvalue weighted by Gasteiger charge is -2.33. The Morgan fingerprint density at radius 3 is 2.33 bits per heavy atom. The highest BCUT2D eigenvalue weighted by molar-refractivity contribution is 5.74. The van der Waals surface area contributed by atoms with E-state index in [-0.39, 0.29) is 6.54 Å². The zero-order valence-electron chi connectivity index (χ0n) is 6.21. The van der Waals surface area contributed by atoms with Gasteiger partial charge in [-0.25, -0.2) is 0 Å². The first-order valence-corrected chi connectivity index (χ1v) is 3.54. The van der Waals surface area contributed by atoms with Crippen LogP contribution in [-0.4, -0.2) is 57.3 Å². The van der Waals surface area contributed by atoms with Crippen LogP contribution in [0.2, 0.25) is 0 Å². The lowest BCUT2D eigenvalue weighted by molar-refractivity contribution is -0.152. The smallest absolute Gasteiger partial charge is 0.323 e. The topological polar surface area (TPSA) is 110 Å². The van der Waals surface area contributed by atoms with Gasteiger partial charge in [0.05, 0.1) is 6.10 Å². The molecule has 12 heavy (non-hydrogen) atoms. The summed E-state index contributed by atoms with van der Waals surface area (Å²) in [5, 5.41) is 38.1. The lowest BCUT2D eigenvalue weighted by Crippen LogP contribution is -2.62. The molecule has 0 amide bonds. The van der Waals surface area contributed by atoms with E-state index in [1.807, 2.05) is 0 Å². The highest BCUT2D eigenvalue weighted by atomic mass is 16.4. The molecule has 6 heteroatoms. The molecule has 0 bridgehead atoms. The lowest BCUT2D eigenvalue weighted by atomic mass is 9.96. The van der Waals surface area contributed by atoms with Crippen molar-refractivity contribution in [3.63, 3.8) is 0 Å². The number of rotatable bonds is 1. The summed E-state index contributed by atoms with van der Waals surface area (Å²) in [6.07, 6.45) is -3.98. The van der Waals surface area contributed by atoms with E-state index in [0.717, 1.165) is 0 Å². The number of aliphatic carboxylic acids is 1. The minimum absolute atomic E-state index is 0.0325. The van der Waals surface area contributed by atoms with Gasteiger partial charge in [-0.15, -0.1) is 0 Å². The Morgan fingerprint density at radius 1 is 1.25 bits per heavy atom. The van der Waals surface area contributed by atoms with Gasteiger partial charge in [-0.1, -0.05) is 0 Å². The average Bonchev–Trinajstić information content (AvgIpc) is 2.00. The molecule has 0 aromatic heterocycles. The van der Waals surface area contributed by atoms with Crippen molar-refractivity contribution in [2.45, 2.75) is 24.4 Å². The minimum Gasteiger partial charge on any atom is -0.480 e. The van der Waals surface area contributed by atoms with Crippen LogP contribution in [0.5, 0.6) is 0 Å². The van der Waals surface area contributed by atoms with Crippen LogP contribution in [0.4, 0.5) is 0 Å².